The fourth-order valence-electron chi connectivity index (χ4n) is 13.4. The Bertz CT molecular complexity index is 2420. The molecule has 11 rings (SSSR count). The number of benzene rings is 4. The van der Waals surface area contributed by atoms with Crippen LogP contribution in [0.2, 0.25) is 0 Å². The van der Waals surface area contributed by atoms with Crippen molar-refractivity contribution in [3.8, 4) is 11.1 Å². The zero-order valence-electron chi connectivity index (χ0n) is 36.5. The van der Waals surface area contributed by atoms with Gasteiger partial charge < -0.3 is 26.6 Å². The number of carbonyl (C=O) groups is 6. The summed E-state index contributed by atoms with van der Waals surface area (Å²) in [6.07, 6.45) is 0.555. The van der Waals surface area contributed by atoms with Crippen LogP contribution in [-0.2, 0) is 41.1 Å². The number of hydrogen-bond acceptors (Lipinski definition) is 9. The van der Waals surface area contributed by atoms with Crippen molar-refractivity contribution in [2.45, 2.75) is 111 Å². The first kappa shape index (κ1) is 43.7. The first-order chi connectivity index (χ1) is 31.1. The van der Waals surface area contributed by atoms with Gasteiger partial charge in [0, 0.05) is 53.5 Å². The minimum absolute atomic E-state index is 0.211. The van der Waals surface area contributed by atoms with Gasteiger partial charge >= 0.3 is 12.2 Å². The van der Waals surface area contributed by atoms with Crippen molar-refractivity contribution in [2.24, 2.45) is 11.5 Å². The Labute approximate surface area is 377 Å². The van der Waals surface area contributed by atoms with E-state index in [0.717, 1.165) is 16.8 Å². The molecule has 3 fully saturated rings. The van der Waals surface area contributed by atoms with Crippen molar-refractivity contribution in [1.82, 2.24) is 20.4 Å². The number of anilines is 1. The first-order valence-electron chi connectivity index (χ1n) is 22.4. The van der Waals surface area contributed by atoms with Crippen LogP contribution in [0.5, 0.6) is 0 Å². The van der Waals surface area contributed by atoms with Crippen LogP contribution >= 0.6 is 0 Å². The van der Waals surface area contributed by atoms with E-state index < -0.39 is 57.7 Å². The predicted molar refractivity (Wildman–Crippen MR) is 242 cm³/mol. The predicted octanol–water partition coefficient (Wildman–Crippen LogP) is 5.29. The molecule has 6 amide bonds. The molecule has 4 aliphatic carbocycles. The molecule has 15 heteroatoms. The van der Waals surface area contributed by atoms with E-state index in [1.807, 2.05) is 92.7 Å². The summed E-state index contributed by atoms with van der Waals surface area (Å²) in [6, 6.07) is 32.0. The number of primary amides is 2. The van der Waals surface area contributed by atoms with Gasteiger partial charge in [-0.25, -0.2) is 9.59 Å². The lowest BCUT2D eigenvalue weighted by molar-refractivity contribution is -0.144. The number of hydrogen-bond donors (Lipinski definition) is 6. The van der Waals surface area contributed by atoms with Crippen LogP contribution < -0.4 is 27.0 Å². The van der Waals surface area contributed by atoms with Crippen molar-refractivity contribution < 1.29 is 39.0 Å². The van der Waals surface area contributed by atoms with Crippen LogP contribution in [0.25, 0.3) is 11.1 Å². The molecule has 8 N–H and O–H groups in total. The molecule has 3 saturated heterocycles. The number of amides is 6. The largest absolute Gasteiger partial charge is 0.465 e. The summed E-state index contributed by atoms with van der Waals surface area (Å²) in [7, 11) is 0. The highest BCUT2D eigenvalue weighted by atomic mass is 16.4. The second-order valence-electron chi connectivity index (χ2n) is 18.9. The molecule has 8 atom stereocenters. The first-order valence-corrected chi connectivity index (χ1v) is 22.4. The van der Waals surface area contributed by atoms with Gasteiger partial charge in [0.15, 0.2) is 0 Å². The van der Waals surface area contributed by atoms with Gasteiger partial charge in [0.25, 0.3) is 11.8 Å². The summed E-state index contributed by atoms with van der Waals surface area (Å²) in [5, 5.41) is 24.6. The lowest BCUT2D eigenvalue weighted by Gasteiger charge is -2.58. The third-order valence-corrected chi connectivity index (χ3v) is 15.7. The zero-order valence-corrected chi connectivity index (χ0v) is 36.5. The molecule has 0 aromatic heterocycles. The Morgan fingerprint density at radius 2 is 0.923 bits per heavy atom. The minimum atomic E-state index is -1.62. The van der Waals surface area contributed by atoms with Crippen LogP contribution in [0.15, 0.2) is 103 Å². The van der Waals surface area contributed by atoms with E-state index in [0.29, 0.717) is 73.9 Å². The topological polar surface area (TPSA) is 229 Å². The van der Waals surface area contributed by atoms with Crippen molar-refractivity contribution in [1.29, 1.82) is 0 Å². The van der Waals surface area contributed by atoms with Crippen molar-refractivity contribution in [2.75, 3.05) is 18.0 Å². The molecule has 0 spiro atoms. The fourth-order valence-corrected chi connectivity index (χ4v) is 13.4. The summed E-state index contributed by atoms with van der Waals surface area (Å²) >= 11 is 0. The van der Waals surface area contributed by atoms with Crippen molar-refractivity contribution in [3.63, 3.8) is 0 Å². The normalized spacial score (nSPS) is 30.3. The van der Waals surface area contributed by atoms with Gasteiger partial charge in [-0.05, 0) is 97.1 Å². The number of likely N-dealkylation sites (tertiary alicyclic amines) is 2. The monoisotopic (exact) mass is 881 g/mol. The van der Waals surface area contributed by atoms with Gasteiger partial charge in [0.2, 0.25) is 11.8 Å². The molecule has 7 aliphatic rings. The Hall–Kier alpha value is -6.58. The molecule has 4 aromatic rings. The van der Waals surface area contributed by atoms with Crippen LogP contribution in [0.1, 0.15) is 87.5 Å². The van der Waals surface area contributed by atoms with Crippen molar-refractivity contribution >= 4 is 41.5 Å². The van der Waals surface area contributed by atoms with Gasteiger partial charge in [-0.2, -0.15) is 0 Å². The molecule has 0 radical (unpaired) electrons. The van der Waals surface area contributed by atoms with E-state index >= 15 is 0 Å². The van der Waals surface area contributed by atoms with Gasteiger partial charge in [-0.15, -0.1) is 0 Å². The zero-order chi connectivity index (χ0) is 46.1. The second-order valence-corrected chi connectivity index (χ2v) is 18.9. The average Bonchev–Trinajstić information content (AvgIpc) is 4.05. The van der Waals surface area contributed by atoms with E-state index in [9.17, 15) is 39.0 Å². The van der Waals surface area contributed by atoms with Gasteiger partial charge in [0.05, 0.1) is 0 Å². The molecular formula is C50H55N7O8. The van der Waals surface area contributed by atoms with E-state index in [-0.39, 0.29) is 37.0 Å². The molecule has 4 bridgehead atoms. The number of fused-ring (bicyclic) bond motifs is 6. The molecule has 4 unspecified atom stereocenters. The number of nitrogens with two attached hydrogens (primary N) is 2. The summed E-state index contributed by atoms with van der Waals surface area (Å²) in [5.74, 6) is -2.75. The minimum Gasteiger partial charge on any atom is -0.465 e. The molecule has 338 valence electrons. The Balaban J connectivity index is 1.20. The maximum Gasteiger partial charge on any atom is 0.411 e. The smallest absolute Gasteiger partial charge is 0.411 e. The van der Waals surface area contributed by atoms with Gasteiger partial charge in [0.1, 0.15) is 11.1 Å². The summed E-state index contributed by atoms with van der Waals surface area (Å²) in [6.45, 7) is 4.52. The number of nitrogens with zero attached hydrogens (tertiary/aromatic N) is 3. The van der Waals surface area contributed by atoms with E-state index in [1.165, 1.54) is 0 Å². The number of carbonyl (C=O) groups excluding carboxylic acids is 4. The average molecular weight is 882 g/mol. The van der Waals surface area contributed by atoms with Gasteiger partial charge in [-0.1, -0.05) is 105 Å². The SMILES string of the molecule is CC1(CC(N)=O)c2ccc(cc2)[C@]1(C(=O)NC(=O)O)N1CCCC1[C@@H]1CC[C@@H](C2CCCN2[C@@]2(C(=O)NC(=O)O)c3ccc(cc3)C2(C)CC(N)=O)N1c1ccc(-c2ccccc2)cc1. The van der Waals surface area contributed by atoms with E-state index in [4.69, 9.17) is 11.5 Å². The summed E-state index contributed by atoms with van der Waals surface area (Å²) in [4.78, 5) is 87.3. The highest BCUT2D eigenvalue weighted by Gasteiger charge is 2.67. The lowest BCUT2D eigenvalue weighted by Crippen LogP contribution is -2.72. The van der Waals surface area contributed by atoms with E-state index in [1.54, 1.807) is 0 Å². The Kier molecular flexibility index (Phi) is 10.8. The molecule has 3 aliphatic heterocycles. The number of imide groups is 2. The maximum atomic E-state index is 14.9. The van der Waals surface area contributed by atoms with Crippen LogP contribution in [-0.4, -0.2) is 93.1 Å². The van der Waals surface area contributed by atoms with Crippen molar-refractivity contribution in [3.05, 3.63) is 125 Å². The molecular weight excluding hydrogens is 827 g/mol. The number of carboxylic acid groups (broad SMARTS) is 2. The fraction of sp³-hybridized carbons (Fsp3) is 0.400. The maximum absolute atomic E-state index is 14.9. The number of nitrogens with one attached hydrogen (secondary N) is 2. The van der Waals surface area contributed by atoms with Gasteiger partial charge in [-0.3, -0.25) is 39.6 Å². The van der Waals surface area contributed by atoms with Crippen LogP contribution in [0, 0.1) is 0 Å². The van der Waals surface area contributed by atoms with E-state index in [2.05, 4.69) is 49.6 Å². The third kappa shape index (κ3) is 6.52. The molecule has 3 heterocycles. The summed E-state index contributed by atoms with van der Waals surface area (Å²) in [5.41, 5.74) is 11.7. The molecule has 4 aromatic carbocycles. The Morgan fingerprint density at radius 1 is 0.538 bits per heavy atom. The summed E-state index contributed by atoms with van der Waals surface area (Å²) < 4.78 is 0. The second kappa shape index (κ2) is 16.1. The highest BCUT2D eigenvalue weighted by molar-refractivity contribution is 6.01. The van der Waals surface area contributed by atoms with Crippen LogP contribution in [0.3, 0.4) is 0 Å². The number of rotatable bonds is 12. The standard InChI is InChI=1S/C50H55N7O8/c1-47(28-41(51)58)32-14-18-34(19-15-32)49(47,43(60)53-45(62)63)55-26-6-10-37(55)39-24-25-40(57(39)36-22-12-31(13-23-36)30-8-4-3-5-9-30)38-11-7-27-56(38)50(44(61)54-46(64)65)35-20-16-33(17-21-35)48(50,2)29-42(52)59/h3-5,8-9,12-23,37-40H,6-7,10-11,24-29H2,1-2H3,(H2,51,58)(H2,52,59)(H,53,60)(H,54,61)(H,62,63)(H,64,65)/t37?,38?,39-,40-,47?,48?,49+,50+/m0/s1. The van der Waals surface area contributed by atoms with Crippen LogP contribution in [0.4, 0.5) is 15.3 Å². The Morgan fingerprint density at radius 3 is 1.31 bits per heavy atom. The highest BCUT2D eigenvalue weighted by Crippen LogP contribution is 2.58. The molecule has 15 nitrogen and oxygen atoms in total. The quantitative estimate of drug-likeness (QED) is 0.107. The third-order valence-electron chi connectivity index (χ3n) is 15.7. The lowest BCUT2D eigenvalue weighted by atomic mass is 9.56. The molecule has 0 saturated carbocycles. The molecule has 65 heavy (non-hydrogen) atoms.